The molecule has 84 valence electrons. The summed E-state index contributed by atoms with van der Waals surface area (Å²) >= 11 is 0. The molecule has 0 aliphatic rings. The van der Waals surface area contributed by atoms with Crippen molar-refractivity contribution in [2.45, 2.75) is 32.7 Å². The third-order valence-corrected chi connectivity index (χ3v) is 2.44. The minimum Gasteiger partial charge on any atom is -0.384 e. The highest BCUT2D eigenvalue weighted by atomic mass is 15.0. The highest BCUT2D eigenvalue weighted by Gasteiger charge is 1.97. The first-order chi connectivity index (χ1) is 7.33. The zero-order chi connectivity index (χ0) is 10.9. The van der Waals surface area contributed by atoms with E-state index in [-0.39, 0.29) is 0 Å². The molecule has 0 spiro atoms. The van der Waals surface area contributed by atoms with Crippen LogP contribution in [0.2, 0.25) is 0 Å². The van der Waals surface area contributed by atoms with E-state index < -0.39 is 0 Å². The van der Waals surface area contributed by atoms with Crippen molar-refractivity contribution >= 4 is 5.69 Å². The Hall–Kier alpha value is -1.02. The average Bonchev–Trinajstić information content (AvgIpc) is 2.26. The molecule has 15 heavy (non-hydrogen) atoms. The summed E-state index contributed by atoms with van der Waals surface area (Å²) in [7, 11) is 0. The number of benzene rings is 1. The third-order valence-electron chi connectivity index (χ3n) is 2.44. The fourth-order valence-electron chi connectivity index (χ4n) is 1.62. The van der Waals surface area contributed by atoms with Crippen LogP contribution in [0.25, 0.3) is 0 Å². The van der Waals surface area contributed by atoms with Crippen LogP contribution >= 0.6 is 0 Å². The van der Waals surface area contributed by atoms with Crippen molar-refractivity contribution < 1.29 is 0 Å². The van der Waals surface area contributed by atoms with Crippen molar-refractivity contribution in [3.05, 3.63) is 30.3 Å². The predicted octanol–water partition coefficient (Wildman–Crippen LogP) is 2.88. The van der Waals surface area contributed by atoms with Crippen LogP contribution in [0.15, 0.2) is 30.3 Å². The van der Waals surface area contributed by atoms with Crippen LogP contribution in [0.3, 0.4) is 0 Å². The molecule has 2 N–H and O–H groups in total. The summed E-state index contributed by atoms with van der Waals surface area (Å²) in [5.74, 6) is 0. The van der Waals surface area contributed by atoms with Gasteiger partial charge in [-0.15, -0.1) is 0 Å². The molecule has 0 aliphatic heterocycles. The molecular formula is C13H22N2. The van der Waals surface area contributed by atoms with Gasteiger partial charge in [-0.05, 0) is 25.5 Å². The molecule has 0 radical (unpaired) electrons. The van der Waals surface area contributed by atoms with E-state index in [2.05, 4.69) is 48.7 Å². The Balaban J connectivity index is 2.07. The second kappa shape index (κ2) is 7.30. The monoisotopic (exact) mass is 206 g/mol. The topological polar surface area (TPSA) is 24.1 Å². The SMILES string of the molecule is CCCC(C)NCCNc1ccccc1. The standard InChI is InChI=1S/C13H22N2/c1-3-7-12(2)14-10-11-15-13-8-5-4-6-9-13/h4-6,8-9,12,14-15H,3,7,10-11H2,1-2H3. The largest absolute Gasteiger partial charge is 0.384 e. The summed E-state index contributed by atoms with van der Waals surface area (Å²) in [5.41, 5.74) is 1.20. The van der Waals surface area contributed by atoms with E-state index in [0.717, 1.165) is 13.1 Å². The molecular weight excluding hydrogens is 184 g/mol. The summed E-state index contributed by atoms with van der Waals surface area (Å²) < 4.78 is 0. The summed E-state index contributed by atoms with van der Waals surface area (Å²) in [5, 5.41) is 6.87. The van der Waals surface area contributed by atoms with Gasteiger partial charge in [0.2, 0.25) is 0 Å². The Morgan fingerprint density at radius 1 is 1.13 bits per heavy atom. The van der Waals surface area contributed by atoms with Gasteiger partial charge in [-0.2, -0.15) is 0 Å². The normalized spacial score (nSPS) is 12.4. The van der Waals surface area contributed by atoms with Gasteiger partial charge in [0, 0.05) is 24.8 Å². The number of para-hydroxylation sites is 1. The molecule has 0 bridgehead atoms. The van der Waals surface area contributed by atoms with Crippen LogP contribution in [0.5, 0.6) is 0 Å². The first kappa shape index (κ1) is 12.1. The van der Waals surface area contributed by atoms with E-state index in [9.17, 15) is 0 Å². The maximum atomic E-state index is 3.49. The molecule has 0 saturated heterocycles. The lowest BCUT2D eigenvalue weighted by Crippen LogP contribution is -2.30. The Morgan fingerprint density at radius 3 is 2.53 bits per heavy atom. The van der Waals surface area contributed by atoms with Crippen LogP contribution in [0, 0.1) is 0 Å². The van der Waals surface area contributed by atoms with E-state index in [4.69, 9.17) is 0 Å². The van der Waals surface area contributed by atoms with Gasteiger partial charge in [0.1, 0.15) is 0 Å². The molecule has 0 saturated carbocycles. The molecule has 2 heteroatoms. The zero-order valence-corrected chi connectivity index (χ0v) is 9.79. The van der Waals surface area contributed by atoms with Crippen LogP contribution in [-0.4, -0.2) is 19.1 Å². The molecule has 1 rings (SSSR count). The molecule has 1 aromatic carbocycles. The predicted molar refractivity (Wildman–Crippen MR) is 67.3 cm³/mol. The average molecular weight is 206 g/mol. The summed E-state index contributed by atoms with van der Waals surface area (Å²) in [4.78, 5) is 0. The van der Waals surface area contributed by atoms with Gasteiger partial charge in [0.15, 0.2) is 0 Å². The van der Waals surface area contributed by atoms with Gasteiger partial charge in [0.25, 0.3) is 0 Å². The van der Waals surface area contributed by atoms with Gasteiger partial charge in [-0.1, -0.05) is 31.5 Å². The highest BCUT2D eigenvalue weighted by Crippen LogP contribution is 2.03. The van der Waals surface area contributed by atoms with Gasteiger partial charge in [0.05, 0.1) is 0 Å². The number of anilines is 1. The molecule has 0 aliphatic carbocycles. The van der Waals surface area contributed by atoms with Crippen molar-refractivity contribution in [3.8, 4) is 0 Å². The van der Waals surface area contributed by atoms with E-state index in [0.29, 0.717) is 6.04 Å². The van der Waals surface area contributed by atoms with Crippen molar-refractivity contribution in [3.63, 3.8) is 0 Å². The molecule has 0 heterocycles. The molecule has 1 atom stereocenters. The van der Waals surface area contributed by atoms with Crippen LogP contribution in [0.4, 0.5) is 5.69 Å². The van der Waals surface area contributed by atoms with E-state index in [1.807, 2.05) is 6.07 Å². The fourth-order valence-corrected chi connectivity index (χ4v) is 1.62. The van der Waals surface area contributed by atoms with E-state index >= 15 is 0 Å². The van der Waals surface area contributed by atoms with E-state index in [1.54, 1.807) is 0 Å². The van der Waals surface area contributed by atoms with Gasteiger partial charge < -0.3 is 10.6 Å². The number of nitrogens with one attached hydrogen (secondary N) is 2. The molecule has 0 fully saturated rings. The molecule has 2 nitrogen and oxygen atoms in total. The van der Waals surface area contributed by atoms with Gasteiger partial charge in [-0.25, -0.2) is 0 Å². The maximum Gasteiger partial charge on any atom is 0.0340 e. The summed E-state index contributed by atoms with van der Waals surface area (Å²) in [6.45, 7) is 6.47. The Bertz CT molecular complexity index is 246. The molecule has 1 unspecified atom stereocenters. The lowest BCUT2D eigenvalue weighted by atomic mass is 10.2. The van der Waals surface area contributed by atoms with Crippen LogP contribution in [-0.2, 0) is 0 Å². The van der Waals surface area contributed by atoms with Crippen molar-refractivity contribution in [1.82, 2.24) is 5.32 Å². The minimum atomic E-state index is 0.632. The fraction of sp³-hybridized carbons (Fsp3) is 0.538. The quantitative estimate of drug-likeness (QED) is 0.670. The molecule has 0 aromatic heterocycles. The Kier molecular flexibility index (Phi) is 5.86. The second-order valence-electron chi connectivity index (χ2n) is 3.94. The third kappa shape index (κ3) is 5.43. The molecule has 1 aromatic rings. The molecule has 0 amide bonds. The summed E-state index contributed by atoms with van der Waals surface area (Å²) in [6.07, 6.45) is 2.51. The lowest BCUT2D eigenvalue weighted by Gasteiger charge is -2.13. The van der Waals surface area contributed by atoms with Crippen LogP contribution < -0.4 is 10.6 Å². The lowest BCUT2D eigenvalue weighted by molar-refractivity contribution is 0.519. The van der Waals surface area contributed by atoms with Crippen molar-refractivity contribution in [1.29, 1.82) is 0 Å². The smallest absolute Gasteiger partial charge is 0.0340 e. The first-order valence-corrected chi connectivity index (χ1v) is 5.85. The second-order valence-corrected chi connectivity index (χ2v) is 3.94. The Labute approximate surface area is 93.1 Å². The minimum absolute atomic E-state index is 0.632. The highest BCUT2D eigenvalue weighted by molar-refractivity contribution is 5.42. The van der Waals surface area contributed by atoms with Gasteiger partial charge >= 0.3 is 0 Å². The summed E-state index contributed by atoms with van der Waals surface area (Å²) in [6, 6.07) is 11.0. The zero-order valence-electron chi connectivity index (χ0n) is 9.79. The number of hydrogen-bond donors (Lipinski definition) is 2. The first-order valence-electron chi connectivity index (χ1n) is 5.85. The van der Waals surface area contributed by atoms with E-state index in [1.165, 1.54) is 18.5 Å². The van der Waals surface area contributed by atoms with Crippen molar-refractivity contribution in [2.75, 3.05) is 18.4 Å². The maximum absolute atomic E-state index is 3.49. The number of rotatable bonds is 7. The van der Waals surface area contributed by atoms with Crippen molar-refractivity contribution in [2.24, 2.45) is 0 Å². The number of hydrogen-bond acceptors (Lipinski definition) is 2. The Morgan fingerprint density at radius 2 is 1.87 bits per heavy atom. The van der Waals surface area contributed by atoms with Crippen LogP contribution in [0.1, 0.15) is 26.7 Å². The van der Waals surface area contributed by atoms with Gasteiger partial charge in [-0.3, -0.25) is 0 Å².